The Labute approximate surface area is 117 Å². The van der Waals surface area contributed by atoms with Gasteiger partial charge >= 0.3 is 0 Å². The molecule has 0 aromatic carbocycles. The van der Waals surface area contributed by atoms with E-state index in [0.29, 0.717) is 11.3 Å². The minimum absolute atomic E-state index is 0.0358. The summed E-state index contributed by atoms with van der Waals surface area (Å²) in [5.74, 6) is 0.0442. The Morgan fingerprint density at radius 2 is 2.26 bits per heavy atom. The van der Waals surface area contributed by atoms with E-state index >= 15 is 0 Å². The number of aliphatic hydroxyl groups is 1. The van der Waals surface area contributed by atoms with Gasteiger partial charge in [-0.2, -0.15) is 0 Å². The van der Waals surface area contributed by atoms with E-state index in [2.05, 4.69) is 10.3 Å². The van der Waals surface area contributed by atoms with Gasteiger partial charge in [-0.05, 0) is 19.8 Å². The van der Waals surface area contributed by atoms with Crippen molar-refractivity contribution < 1.29 is 9.90 Å². The van der Waals surface area contributed by atoms with Crippen molar-refractivity contribution in [1.82, 2.24) is 10.3 Å². The normalized spacial score (nSPS) is 12.2. The molecule has 7 heteroatoms. The monoisotopic (exact) mass is 286 g/mol. The molecule has 108 valence electrons. The van der Waals surface area contributed by atoms with E-state index < -0.39 is 0 Å². The summed E-state index contributed by atoms with van der Waals surface area (Å²) >= 11 is 1.29. The summed E-state index contributed by atoms with van der Waals surface area (Å²) in [6.45, 7) is 4.83. The predicted octanol–water partition coefficient (Wildman–Crippen LogP) is 1.07. The zero-order valence-electron chi connectivity index (χ0n) is 11.6. The van der Waals surface area contributed by atoms with Crippen LogP contribution in [-0.4, -0.2) is 42.2 Å². The summed E-state index contributed by atoms with van der Waals surface area (Å²) in [4.78, 5) is 18.7. The maximum absolute atomic E-state index is 12.1. The van der Waals surface area contributed by atoms with E-state index in [0.717, 1.165) is 18.1 Å². The van der Waals surface area contributed by atoms with E-state index in [1.807, 2.05) is 25.8 Å². The number of rotatable bonds is 7. The molecule has 1 amide bonds. The summed E-state index contributed by atoms with van der Waals surface area (Å²) < 4.78 is 0. The van der Waals surface area contributed by atoms with Crippen LogP contribution in [0.1, 0.15) is 36.4 Å². The molecule has 0 saturated heterocycles. The largest absolute Gasteiger partial charge is 0.396 e. The molecule has 1 atom stereocenters. The highest BCUT2D eigenvalue weighted by Crippen LogP contribution is 2.27. The van der Waals surface area contributed by atoms with Crippen molar-refractivity contribution in [3.63, 3.8) is 0 Å². The molecule has 0 aliphatic heterocycles. The minimum atomic E-state index is -0.217. The molecule has 0 aliphatic carbocycles. The van der Waals surface area contributed by atoms with Crippen LogP contribution in [0.5, 0.6) is 0 Å². The van der Waals surface area contributed by atoms with E-state index in [9.17, 15) is 4.79 Å². The predicted molar refractivity (Wildman–Crippen MR) is 78.7 cm³/mol. The SMILES string of the molecule is CCC(CCO)NC(=O)c1sc(N(C)CC)nc1N. The van der Waals surface area contributed by atoms with E-state index in [1.165, 1.54) is 11.3 Å². The van der Waals surface area contributed by atoms with Crippen LogP contribution in [0.2, 0.25) is 0 Å². The van der Waals surface area contributed by atoms with Gasteiger partial charge < -0.3 is 21.1 Å². The number of nitrogens with zero attached hydrogens (tertiary/aromatic N) is 2. The molecule has 1 rings (SSSR count). The van der Waals surface area contributed by atoms with Crippen LogP contribution in [0, 0.1) is 0 Å². The van der Waals surface area contributed by atoms with Crippen molar-refractivity contribution in [3.8, 4) is 0 Å². The third kappa shape index (κ3) is 4.07. The molecule has 0 bridgehead atoms. The van der Waals surface area contributed by atoms with Crippen molar-refractivity contribution in [2.75, 3.05) is 30.8 Å². The minimum Gasteiger partial charge on any atom is -0.396 e. The van der Waals surface area contributed by atoms with Gasteiger partial charge in [0, 0.05) is 26.2 Å². The van der Waals surface area contributed by atoms with Crippen LogP contribution in [0.4, 0.5) is 10.9 Å². The highest BCUT2D eigenvalue weighted by molar-refractivity contribution is 7.18. The van der Waals surface area contributed by atoms with Crippen LogP contribution in [-0.2, 0) is 0 Å². The molecule has 0 radical (unpaired) electrons. The smallest absolute Gasteiger partial charge is 0.265 e. The van der Waals surface area contributed by atoms with Crippen molar-refractivity contribution in [2.45, 2.75) is 32.7 Å². The third-order valence-corrected chi connectivity index (χ3v) is 4.14. The highest BCUT2D eigenvalue weighted by atomic mass is 32.1. The number of nitrogens with one attached hydrogen (secondary N) is 1. The first-order valence-corrected chi connectivity index (χ1v) is 7.24. The summed E-state index contributed by atoms with van der Waals surface area (Å²) in [7, 11) is 1.90. The topological polar surface area (TPSA) is 91.5 Å². The molecule has 0 fully saturated rings. The van der Waals surface area contributed by atoms with Gasteiger partial charge in [-0.3, -0.25) is 4.79 Å². The lowest BCUT2D eigenvalue weighted by molar-refractivity contribution is 0.0934. The quantitative estimate of drug-likeness (QED) is 0.697. The van der Waals surface area contributed by atoms with Crippen LogP contribution in [0.25, 0.3) is 0 Å². The van der Waals surface area contributed by atoms with Crippen LogP contribution >= 0.6 is 11.3 Å². The fraction of sp³-hybridized carbons (Fsp3) is 0.667. The number of thiazole rings is 1. The second-order valence-electron chi connectivity index (χ2n) is 4.32. The summed E-state index contributed by atoms with van der Waals surface area (Å²) in [6.07, 6.45) is 1.31. The Hall–Kier alpha value is -1.34. The summed E-state index contributed by atoms with van der Waals surface area (Å²) in [5, 5.41) is 12.5. The van der Waals surface area contributed by atoms with Crippen LogP contribution in [0.15, 0.2) is 0 Å². The molecule has 0 spiro atoms. The summed E-state index contributed by atoms with van der Waals surface area (Å²) in [6, 6.07) is -0.0358. The summed E-state index contributed by atoms with van der Waals surface area (Å²) in [5.41, 5.74) is 5.79. The average Bonchev–Trinajstić information content (AvgIpc) is 2.79. The van der Waals surface area contributed by atoms with Crippen molar-refractivity contribution in [3.05, 3.63) is 4.88 Å². The standard InChI is InChI=1S/C12H22N4O2S/c1-4-8(6-7-17)14-11(18)9-10(13)15-12(19-9)16(3)5-2/h8,17H,4-7,13H2,1-3H3,(H,14,18). The number of aliphatic hydroxyl groups excluding tert-OH is 1. The fourth-order valence-electron chi connectivity index (χ4n) is 1.57. The number of amides is 1. The maximum atomic E-state index is 12.1. The van der Waals surface area contributed by atoms with Crippen molar-refractivity contribution in [2.24, 2.45) is 0 Å². The lowest BCUT2D eigenvalue weighted by atomic mass is 10.1. The third-order valence-electron chi connectivity index (χ3n) is 2.95. The Balaban J connectivity index is 2.79. The van der Waals surface area contributed by atoms with Crippen molar-refractivity contribution >= 4 is 28.2 Å². The Bertz CT molecular complexity index is 422. The van der Waals surface area contributed by atoms with E-state index in [4.69, 9.17) is 10.8 Å². The second-order valence-corrected chi connectivity index (χ2v) is 5.29. The first-order chi connectivity index (χ1) is 9.03. The Morgan fingerprint density at radius 1 is 1.58 bits per heavy atom. The van der Waals surface area contributed by atoms with Gasteiger partial charge in [0.15, 0.2) is 5.13 Å². The number of aromatic nitrogens is 1. The zero-order valence-corrected chi connectivity index (χ0v) is 12.5. The Kier molecular flexibility index (Phi) is 6.04. The number of nitrogen functional groups attached to an aromatic ring is 1. The van der Waals surface area contributed by atoms with Gasteiger partial charge in [0.05, 0.1) is 0 Å². The molecule has 0 aliphatic rings. The van der Waals surface area contributed by atoms with E-state index in [-0.39, 0.29) is 24.4 Å². The number of hydrogen-bond acceptors (Lipinski definition) is 6. The van der Waals surface area contributed by atoms with Gasteiger partial charge in [-0.15, -0.1) is 0 Å². The van der Waals surface area contributed by atoms with Gasteiger partial charge in [0.1, 0.15) is 10.7 Å². The van der Waals surface area contributed by atoms with Crippen molar-refractivity contribution in [1.29, 1.82) is 0 Å². The molecule has 6 nitrogen and oxygen atoms in total. The van der Waals surface area contributed by atoms with Crippen LogP contribution in [0.3, 0.4) is 0 Å². The molecular weight excluding hydrogens is 264 g/mol. The molecular formula is C12H22N4O2S. The maximum Gasteiger partial charge on any atom is 0.265 e. The average molecular weight is 286 g/mol. The molecule has 0 saturated carbocycles. The van der Waals surface area contributed by atoms with E-state index in [1.54, 1.807) is 0 Å². The molecule has 19 heavy (non-hydrogen) atoms. The lowest BCUT2D eigenvalue weighted by Crippen LogP contribution is -2.34. The van der Waals surface area contributed by atoms with Gasteiger partial charge in [0.2, 0.25) is 0 Å². The second kappa shape index (κ2) is 7.30. The van der Waals surface area contributed by atoms with Gasteiger partial charge in [0.25, 0.3) is 5.91 Å². The molecule has 1 aromatic heterocycles. The molecule has 4 N–H and O–H groups in total. The molecule has 1 unspecified atom stereocenters. The van der Waals surface area contributed by atoms with Gasteiger partial charge in [-0.1, -0.05) is 18.3 Å². The number of hydrogen-bond donors (Lipinski definition) is 3. The fourth-order valence-corrected chi connectivity index (χ4v) is 2.48. The molecule has 1 aromatic rings. The van der Waals surface area contributed by atoms with Crippen LogP contribution < -0.4 is 16.0 Å². The lowest BCUT2D eigenvalue weighted by Gasteiger charge is -2.15. The Morgan fingerprint density at radius 3 is 2.79 bits per heavy atom. The number of carbonyl (C=O) groups is 1. The first kappa shape index (κ1) is 15.7. The zero-order chi connectivity index (χ0) is 14.4. The first-order valence-electron chi connectivity index (χ1n) is 6.42. The van der Waals surface area contributed by atoms with Gasteiger partial charge in [-0.25, -0.2) is 4.98 Å². The highest BCUT2D eigenvalue weighted by Gasteiger charge is 2.19. The number of anilines is 2. The molecule has 1 heterocycles. The number of carbonyl (C=O) groups excluding carboxylic acids is 1. The number of nitrogens with two attached hydrogens (primary N) is 1.